The van der Waals surface area contributed by atoms with Crippen LogP contribution in [0.3, 0.4) is 0 Å². The average molecular weight is 521 g/mol. The van der Waals surface area contributed by atoms with Gasteiger partial charge in [0.15, 0.2) is 0 Å². The summed E-state index contributed by atoms with van der Waals surface area (Å²) in [7, 11) is 0. The molecule has 1 aromatic heterocycles. The fraction of sp³-hybridized carbons (Fsp3) is 0.214. The van der Waals surface area contributed by atoms with Crippen molar-refractivity contribution in [3.63, 3.8) is 0 Å². The molecular weight excluding hydrogens is 496 g/mol. The van der Waals surface area contributed by atoms with E-state index in [4.69, 9.17) is 21.1 Å². The first-order valence-corrected chi connectivity index (χ1v) is 12.1. The van der Waals surface area contributed by atoms with Crippen LogP contribution in [-0.2, 0) is 20.9 Å². The number of halogens is 1. The van der Waals surface area contributed by atoms with Gasteiger partial charge in [-0.3, -0.25) is 14.6 Å². The van der Waals surface area contributed by atoms with Gasteiger partial charge in [-0.25, -0.2) is 4.79 Å². The highest BCUT2D eigenvalue weighted by Crippen LogP contribution is 2.41. The van der Waals surface area contributed by atoms with E-state index in [-0.39, 0.29) is 29.3 Å². The van der Waals surface area contributed by atoms with E-state index in [1.54, 1.807) is 67.8 Å². The average Bonchev–Trinajstić information content (AvgIpc) is 3.15. The lowest BCUT2D eigenvalue weighted by Gasteiger charge is -2.25. The molecule has 8 nitrogen and oxygen atoms in total. The van der Waals surface area contributed by atoms with Crippen molar-refractivity contribution in [1.82, 2.24) is 9.88 Å². The number of aromatic nitrogens is 1. The number of aliphatic hydroxyl groups is 1. The molecule has 1 aliphatic rings. The maximum Gasteiger partial charge on any atom is 0.338 e. The van der Waals surface area contributed by atoms with Crippen LogP contribution in [0.25, 0.3) is 5.76 Å². The zero-order valence-electron chi connectivity index (χ0n) is 20.3. The number of hydrogen-bond acceptors (Lipinski definition) is 7. The van der Waals surface area contributed by atoms with Gasteiger partial charge in [-0.1, -0.05) is 23.7 Å². The minimum absolute atomic E-state index is 0.0597. The molecule has 1 fully saturated rings. The number of pyridine rings is 1. The molecule has 4 rings (SSSR count). The van der Waals surface area contributed by atoms with Gasteiger partial charge in [0, 0.05) is 24.5 Å². The highest BCUT2D eigenvalue weighted by Gasteiger charge is 2.46. The summed E-state index contributed by atoms with van der Waals surface area (Å²) < 4.78 is 10.5. The van der Waals surface area contributed by atoms with Crippen LogP contribution >= 0.6 is 11.6 Å². The quantitative estimate of drug-likeness (QED) is 0.194. The number of nitrogens with zero attached hydrogens (tertiary/aromatic N) is 2. The van der Waals surface area contributed by atoms with Crippen LogP contribution in [0, 0.1) is 0 Å². The molecule has 0 spiro atoms. The standard InChI is InChI=1S/C28H25ClN2O6/c1-3-36-20-9-10-22(29)21(15-20)25(32)23-24(18-11-13-30-14-12-18)31(27(34)26(23)33)16-17-5-7-19(8-6-17)28(35)37-4-2/h5-15,24,32H,3-4,16H2,1-2H3/b25-23+. The van der Waals surface area contributed by atoms with Gasteiger partial charge in [0.25, 0.3) is 11.7 Å². The number of likely N-dealkylation sites (tertiary alicyclic amines) is 1. The Morgan fingerprint density at radius 1 is 1.03 bits per heavy atom. The monoisotopic (exact) mass is 520 g/mol. The highest BCUT2D eigenvalue weighted by atomic mass is 35.5. The minimum atomic E-state index is -0.889. The zero-order chi connectivity index (χ0) is 26.5. The summed E-state index contributed by atoms with van der Waals surface area (Å²) in [4.78, 5) is 43.9. The number of benzene rings is 2. The summed E-state index contributed by atoms with van der Waals surface area (Å²) in [5, 5.41) is 11.5. The van der Waals surface area contributed by atoms with Crippen LogP contribution in [0.4, 0.5) is 0 Å². The second-order valence-electron chi connectivity index (χ2n) is 8.20. The number of ketones is 1. The molecule has 3 aromatic rings. The van der Waals surface area contributed by atoms with E-state index in [9.17, 15) is 19.5 Å². The smallest absolute Gasteiger partial charge is 0.338 e. The van der Waals surface area contributed by atoms with Crippen molar-refractivity contribution in [2.75, 3.05) is 13.2 Å². The summed E-state index contributed by atoms with van der Waals surface area (Å²) in [6.07, 6.45) is 3.10. The van der Waals surface area contributed by atoms with Crippen LogP contribution in [0.15, 0.2) is 72.6 Å². The topological polar surface area (TPSA) is 106 Å². The van der Waals surface area contributed by atoms with Crippen LogP contribution in [-0.4, -0.2) is 45.9 Å². The van der Waals surface area contributed by atoms with E-state index in [1.165, 1.54) is 11.0 Å². The Hall–Kier alpha value is -4.17. The van der Waals surface area contributed by atoms with Crippen LogP contribution in [0.5, 0.6) is 5.75 Å². The summed E-state index contributed by atoms with van der Waals surface area (Å²) in [5.41, 5.74) is 1.75. The third-order valence-corrected chi connectivity index (χ3v) is 6.21. The van der Waals surface area contributed by atoms with Gasteiger partial charge in [0.05, 0.1) is 35.4 Å². The number of carbonyl (C=O) groups is 3. The molecular formula is C28H25ClN2O6. The Balaban J connectivity index is 1.77. The minimum Gasteiger partial charge on any atom is -0.507 e. The van der Waals surface area contributed by atoms with Crippen molar-refractivity contribution in [2.45, 2.75) is 26.4 Å². The second-order valence-corrected chi connectivity index (χ2v) is 8.61. The fourth-order valence-corrected chi connectivity index (χ4v) is 4.39. The second kappa shape index (κ2) is 11.3. The summed E-state index contributed by atoms with van der Waals surface area (Å²) >= 11 is 6.37. The summed E-state index contributed by atoms with van der Waals surface area (Å²) in [5.74, 6) is -1.98. The molecule has 1 unspecified atom stereocenters. The number of ether oxygens (including phenoxy) is 2. The van der Waals surface area contributed by atoms with Gasteiger partial charge < -0.3 is 19.5 Å². The number of carbonyl (C=O) groups excluding carboxylic acids is 3. The molecule has 9 heteroatoms. The first-order chi connectivity index (χ1) is 17.8. The molecule has 0 radical (unpaired) electrons. The highest BCUT2D eigenvalue weighted by molar-refractivity contribution is 6.47. The van der Waals surface area contributed by atoms with Crippen molar-refractivity contribution >= 4 is 35.0 Å². The van der Waals surface area contributed by atoms with Crippen molar-refractivity contribution in [2.24, 2.45) is 0 Å². The van der Waals surface area contributed by atoms with E-state index >= 15 is 0 Å². The molecule has 1 atom stereocenters. The number of aliphatic hydroxyl groups excluding tert-OH is 1. The fourth-order valence-electron chi connectivity index (χ4n) is 4.18. The lowest BCUT2D eigenvalue weighted by atomic mass is 9.95. The Bertz CT molecular complexity index is 1350. The third-order valence-electron chi connectivity index (χ3n) is 5.88. The SMILES string of the molecule is CCOC(=O)c1ccc(CN2C(=O)C(=O)/C(=C(/O)c3cc(OCC)ccc3Cl)C2c2ccncc2)cc1. The molecule has 37 heavy (non-hydrogen) atoms. The van der Waals surface area contributed by atoms with E-state index < -0.39 is 29.5 Å². The molecule has 190 valence electrons. The number of Topliss-reactive ketones (excluding diaryl/α,β-unsaturated/α-hetero) is 1. The Kier molecular flexibility index (Phi) is 7.89. The Labute approximate surface area is 219 Å². The van der Waals surface area contributed by atoms with Crippen molar-refractivity contribution in [3.8, 4) is 5.75 Å². The van der Waals surface area contributed by atoms with E-state index in [1.807, 2.05) is 6.92 Å². The molecule has 1 amide bonds. The van der Waals surface area contributed by atoms with E-state index in [2.05, 4.69) is 4.98 Å². The molecule has 0 saturated carbocycles. The number of esters is 1. The van der Waals surface area contributed by atoms with E-state index in [0.717, 1.165) is 0 Å². The molecule has 1 N–H and O–H groups in total. The first kappa shape index (κ1) is 25.9. The van der Waals surface area contributed by atoms with Gasteiger partial charge in [0.2, 0.25) is 0 Å². The maximum absolute atomic E-state index is 13.3. The maximum atomic E-state index is 13.3. The molecule has 2 aromatic carbocycles. The van der Waals surface area contributed by atoms with Crippen LogP contribution < -0.4 is 4.74 Å². The van der Waals surface area contributed by atoms with Crippen molar-refractivity contribution < 1.29 is 29.0 Å². The number of amides is 1. The van der Waals surface area contributed by atoms with Gasteiger partial charge in [-0.15, -0.1) is 0 Å². The predicted molar refractivity (Wildman–Crippen MR) is 137 cm³/mol. The van der Waals surface area contributed by atoms with Gasteiger partial charge in [0.1, 0.15) is 11.5 Å². The van der Waals surface area contributed by atoms with Gasteiger partial charge in [-0.05, 0) is 67.4 Å². The molecule has 1 aliphatic heterocycles. The summed E-state index contributed by atoms with van der Waals surface area (Å²) in [6.45, 7) is 4.27. The van der Waals surface area contributed by atoms with Crippen LogP contribution in [0.1, 0.15) is 46.9 Å². The number of hydrogen-bond donors (Lipinski definition) is 1. The molecule has 1 saturated heterocycles. The molecule has 0 aliphatic carbocycles. The molecule has 2 heterocycles. The predicted octanol–water partition coefficient (Wildman–Crippen LogP) is 4.93. The van der Waals surface area contributed by atoms with Crippen LogP contribution in [0.2, 0.25) is 5.02 Å². The number of rotatable bonds is 8. The van der Waals surface area contributed by atoms with E-state index in [0.29, 0.717) is 29.0 Å². The van der Waals surface area contributed by atoms with Crippen molar-refractivity contribution in [3.05, 3.63) is 99.8 Å². The first-order valence-electron chi connectivity index (χ1n) is 11.7. The lowest BCUT2D eigenvalue weighted by Crippen LogP contribution is -2.29. The Morgan fingerprint density at radius 3 is 2.38 bits per heavy atom. The third kappa shape index (κ3) is 5.34. The normalized spacial score (nSPS) is 16.6. The summed E-state index contributed by atoms with van der Waals surface area (Å²) in [6, 6.07) is 13.8. The zero-order valence-corrected chi connectivity index (χ0v) is 21.1. The lowest BCUT2D eigenvalue weighted by molar-refractivity contribution is -0.140. The van der Waals surface area contributed by atoms with Gasteiger partial charge >= 0.3 is 5.97 Å². The largest absolute Gasteiger partial charge is 0.507 e. The van der Waals surface area contributed by atoms with Crippen molar-refractivity contribution in [1.29, 1.82) is 0 Å². The Morgan fingerprint density at radius 2 is 1.73 bits per heavy atom. The molecule has 0 bridgehead atoms. The van der Waals surface area contributed by atoms with Gasteiger partial charge in [-0.2, -0.15) is 0 Å².